The second kappa shape index (κ2) is 12.4. The number of nitrogens with one attached hydrogen (secondary N) is 1. The van der Waals surface area contributed by atoms with Crippen molar-refractivity contribution in [1.82, 2.24) is 10.2 Å². The maximum Gasteiger partial charge on any atom is 0.407 e. The van der Waals surface area contributed by atoms with E-state index in [2.05, 4.69) is 30.3 Å². The van der Waals surface area contributed by atoms with Crippen molar-refractivity contribution in [3.05, 3.63) is 12.2 Å². The van der Waals surface area contributed by atoms with Crippen LogP contribution < -0.4 is 5.32 Å². The van der Waals surface area contributed by atoms with Crippen LogP contribution in [0, 0.1) is 5.41 Å². The van der Waals surface area contributed by atoms with Crippen LogP contribution in [0.3, 0.4) is 0 Å². The van der Waals surface area contributed by atoms with Crippen molar-refractivity contribution in [3.8, 4) is 0 Å². The minimum Gasteiger partial charge on any atom is -0.444 e. The number of nitrogens with zero attached hydrogens (tertiary/aromatic N) is 1. The molecule has 8 heteroatoms. The predicted molar refractivity (Wildman–Crippen MR) is 131 cm³/mol. The lowest BCUT2D eigenvalue weighted by Gasteiger charge is -2.36. The SMILES string of the molecule is CCOC[C@H](CCN(C)CC1(C)C=CC(S(=O)(=O)C(C)CC)CC1)NC(=O)OC(C)(C)C. The summed E-state index contributed by atoms with van der Waals surface area (Å²) in [6.07, 6.45) is 6.45. The molecule has 0 aromatic heterocycles. The van der Waals surface area contributed by atoms with Gasteiger partial charge in [-0.1, -0.05) is 26.0 Å². The molecular weight excluding hydrogens is 428 g/mol. The fourth-order valence-electron chi connectivity index (χ4n) is 3.93. The number of hydrogen-bond donors (Lipinski definition) is 1. The highest BCUT2D eigenvalue weighted by Crippen LogP contribution is 2.34. The molecule has 32 heavy (non-hydrogen) atoms. The molecule has 0 saturated heterocycles. The standard InChI is InChI=1S/C24H46N2O5S/c1-9-19(3)32(28,29)21-11-14-24(7,15-12-21)18-26(8)16-13-20(17-30-10-2)25-22(27)31-23(4,5)6/h11,14,19-21H,9-10,12-13,15-18H2,1-8H3,(H,25,27)/t19?,20-,21?,24?/m0/s1. The molecule has 188 valence electrons. The number of carbonyl (C=O) groups is 1. The van der Waals surface area contributed by atoms with E-state index in [1.807, 2.05) is 40.7 Å². The Hall–Kier alpha value is -1.12. The van der Waals surface area contributed by atoms with Gasteiger partial charge in [0.15, 0.2) is 9.84 Å². The first-order valence-electron chi connectivity index (χ1n) is 11.9. The van der Waals surface area contributed by atoms with E-state index in [1.54, 1.807) is 6.92 Å². The fraction of sp³-hybridized carbons (Fsp3) is 0.875. The molecule has 3 unspecified atom stereocenters. The highest BCUT2D eigenvalue weighted by Gasteiger charge is 2.35. The molecule has 0 fully saturated rings. The maximum absolute atomic E-state index is 12.7. The van der Waals surface area contributed by atoms with Crippen molar-refractivity contribution in [2.75, 3.05) is 33.4 Å². The summed E-state index contributed by atoms with van der Waals surface area (Å²) in [5.74, 6) is 0. The summed E-state index contributed by atoms with van der Waals surface area (Å²) in [5, 5.41) is 2.25. The third kappa shape index (κ3) is 9.79. The Morgan fingerprint density at radius 2 is 1.97 bits per heavy atom. The quantitative estimate of drug-likeness (QED) is 0.427. The predicted octanol–water partition coefficient (Wildman–Crippen LogP) is 4.18. The Morgan fingerprint density at radius 3 is 2.47 bits per heavy atom. The monoisotopic (exact) mass is 474 g/mol. The van der Waals surface area contributed by atoms with Gasteiger partial charge in [0, 0.05) is 13.2 Å². The number of ether oxygens (including phenoxy) is 2. The number of sulfone groups is 1. The van der Waals surface area contributed by atoms with Crippen LogP contribution >= 0.6 is 0 Å². The topological polar surface area (TPSA) is 84.9 Å². The molecule has 1 aliphatic rings. The van der Waals surface area contributed by atoms with E-state index in [1.165, 1.54) is 0 Å². The average Bonchev–Trinajstić information content (AvgIpc) is 2.67. The first kappa shape index (κ1) is 28.9. The number of hydrogen-bond acceptors (Lipinski definition) is 6. The van der Waals surface area contributed by atoms with Gasteiger partial charge in [-0.25, -0.2) is 13.2 Å². The lowest BCUT2D eigenvalue weighted by Crippen LogP contribution is -2.44. The molecule has 0 aliphatic heterocycles. The van der Waals surface area contributed by atoms with Crippen LogP contribution in [0.15, 0.2) is 12.2 Å². The van der Waals surface area contributed by atoms with Crippen LogP contribution in [0.2, 0.25) is 0 Å². The van der Waals surface area contributed by atoms with Gasteiger partial charge in [-0.2, -0.15) is 0 Å². The first-order chi connectivity index (χ1) is 14.7. The molecule has 1 aliphatic carbocycles. The number of carbonyl (C=O) groups excluding carboxylic acids is 1. The summed E-state index contributed by atoms with van der Waals surface area (Å²) < 4.78 is 36.3. The zero-order valence-corrected chi connectivity index (χ0v) is 22.3. The fourth-order valence-corrected chi connectivity index (χ4v) is 5.74. The van der Waals surface area contributed by atoms with Gasteiger partial charge in [-0.05, 0) is 79.3 Å². The molecule has 0 spiro atoms. The van der Waals surface area contributed by atoms with Crippen molar-refractivity contribution < 1.29 is 22.7 Å². The molecule has 1 N–H and O–H groups in total. The Kier molecular flexibility index (Phi) is 11.2. The van der Waals surface area contributed by atoms with Crippen LogP contribution in [-0.2, 0) is 19.3 Å². The van der Waals surface area contributed by atoms with Gasteiger partial charge in [-0.15, -0.1) is 0 Å². The van der Waals surface area contributed by atoms with Crippen LogP contribution in [-0.4, -0.2) is 74.9 Å². The molecule has 4 atom stereocenters. The summed E-state index contributed by atoms with van der Waals surface area (Å²) in [4.78, 5) is 14.4. The highest BCUT2D eigenvalue weighted by molar-refractivity contribution is 7.92. The molecule has 0 radical (unpaired) electrons. The average molecular weight is 475 g/mol. The second-order valence-electron chi connectivity index (χ2n) is 10.4. The maximum atomic E-state index is 12.7. The number of rotatable bonds is 12. The molecule has 0 aromatic carbocycles. The summed E-state index contributed by atoms with van der Waals surface area (Å²) in [7, 11) is -1.05. The normalized spacial score (nSPS) is 23.7. The molecule has 7 nitrogen and oxygen atoms in total. The summed E-state index contributed by atoms with van der Waals surface area (Å²) in [6.45, 7) is 16.0. The molecule has 1 amide bonds. The van der Waals surface area contributed by atoms with Crippen LogP contribution in [0.1, 0.15) is 74.1 Å². The van der Waals surface area contributed by atoms with E-state index in [-0.39, 0.29) is 22.0 Å². The van der Waals surface area contributed by atoms with Crippen molar-refractivity contribution in [1.29, 1.82) is 0 Å². The van der Waals surface area contributed by atoms with Gasteiger partial charge in [-0.3, -0.25) is 0 Å². The van der Waals surface area contributed by atoms with Gasteiger partial charge in [0.25, 0.3) is 0 Å². The smallest absolute Gasteiger partial charge is 0.407 e. The largest absolute Gasteiger partial charge is 0.444 e. The van der Waals surface area contributed by atoms with E-state index in [0.29, 0.717) is 26.1 Å². The third-order valence-corrected chi connectivity index (χ3v) is 8.70. The Balaban J connectivity index is 2.64. The molecule has 1 rings (SSSR count). The van der Waals surface area contributed by atoms with Gasteiger partial charge in [0.1, 0.15) is 5.60 Å². The minimum absolute atomic E-state index is 0.0652. The first-order valence-corrected chi connectivity index (χ1v) is 13.5. The zero-order chi connectivity index (χ0) is 24.6. The number of alkyl carbamates (subject to hydrolysis) is 1. The van der Waals surface area contributed by atoms with Gasteiger partial charge >= 0.3 is 6.09 Å². The highest BCUT2D eigenvalue weighted by atomic mass is 32.2. The number of amides is 1. The summed E-state index contributed by atoms with van der Waals surface area (Å²) in [5.41, 5.74) is -0.608. The van der Waals surface area contributed by atoms with Crippen LogP contribution in [0.4, 0.5) is 4.79 Å². The Labute approximate surface area is 196 Å². The van der Waals surface area contributed by atoms with Gasteiger partial charge in [0.2, 0.25) is 0 Å². The van der Waals surface area contributed by atoms with Crippen molar-refractivity contribution >= 4 is 15.9 Å². The summed E-state index contributed by atoms with van der Waals surface area (Å²) >= 11 is 0. The van der Waals surface area contributed by atoms with Crippen LogP contribution in [0.5, 0.6) is 0 Å². The van der Waals surface area contributed by atoms with Crippen molar-refractivity contribution in [2.24, 2.45) is 5.41 Å². The van der Waals surface area contributed by atoms with Gasteiger partial charge in [0.05, 0.1) is 23.1 Å². The zero-order valence-electron chi connectivity index (χ0n) is 21.4. The summed E-state index contributed by atoms with van der Waals surface area (Å²) in [6, 6.07) is -0.132. The molecular formula is C24H46N2O5S. The van der Waals surface area contributed by atoms with E-state index in [0.717, 1.165) is 25.9 Å². The lowest BCUT2D eigenvalue weighted by molar-refractivity contribution is 0.0435. The van der Waals surface area contributed by atoms with E-state index in [4.69, 9.17) is 9.47 Å². The van der Waals surface area contributed by atoms with Crippen molar-refractivity contribution in [2.45, 2.75) is 96.3 Å². The molecule has 0 saturated carbocycles. The molecule has 0 aromatic rings. The van der Waals surface area contributed by atoms with Crippen LogP contribution in [0.25, 0.3) is 0 Å². The Bertz CT molecular complexity index is 716. The van der Waals surface area contributed by atoms with E-state index in [9.17, 15) is 13.2 Å². The Morgan fingerprint density at radius 1 is 1.31 bits per heavy atom. The minimum atomic E-state index is -3.11. The molecule has 0 heterocycles. The molecule has 0 bridgehead atoms. The van der Waals surface area contributed by atoms with E-state index < -0.39 is 21.5 Å². The van der Waals surface area contributed by atoms with Crippen molar-refractivity contribution in [3.63, 3.8) is 0 Å². The third-order valence-electron chi connectivity index (χ3n) is 6.01. The lowest BCUT2D eigenvalue weighted by atomic mass is 9.80. The second-order valence-corrected chi connectivity index (χ2v) is 13.0. The van der Waals surface area contributed by atoms with E-state index >= 15 is 0 Å². The van der Waals surface area contributed by atoms with Gasteiger partial charge < -0.3 is 19.7 Å².